The number of halogens is 1. The second kappa shape index (κ2) is 5.55. The van der Waals surface area contributed by atoms with Crippen LogP contribution in [0.15, 0.2) is 61.1 Å². The lowest BCUT2D eigenvalue weighted by atomic mass is 10.2. The van der Waals surface area contributed by atoms with E-state index < -0.39 is 0 Å². The SMILES string of the molecule is Fc1ccccc1CN(c1nc2ccccc2n2cncc12)C1CC1. The molecule has 4 nitrogen and oxygen atoms in total. The Kier molecular flexibility index (Phi) is 3.20. The zero-order valence-corrected chi connectivity index (χ0v) is 13.6. The van der Waals surface area contributed by atoms with Crippen molar-refractivity contribution in [2.24, 2.45) is 0 Å². The second-order valence-corrected chi connectivity index (χ2v) is 6.52. The Morgan fingerprint density at radius 1 is 1.04 bits per heavy atom. The molecule has 0 unspecified atom stereocenters. The molecule has 2 heterocycles. The fraction of sp³-hybridized carbons (Fsp3) is 0.200. The van der Waals surface area contributed by atoms with Crippen LogP contribution in [0.2, 0.25) is 0 Å². The standard InChI is InChI=1S/C20H17FN4/c21-16-6-2-1-5-14(16)12-24(15-9-10-15)20-19-11-22-13-25(19)18-8-4-3-7-17(18)23-20/h1-8,11,13,15H,9-10,12H2. The molecular formula is C20H17FN4. The fourth-order valence-corrected chi connectivity index (χ4v) is 3.37. The van der Waals surface area contributed by atoms with Crippen LogP contribution in [0, 0.1) is 5.82 Å². The van der Waals surface area contributed by atoms with E-state index in [0.29, 0.717) is 18.2 Å². The molecule has 1 aliphatic carbocycles. The molecule has 124 valence electrons. The molecule has 0 bridgehead atoms. The molecule has 0 amide bonds. The molecule has 4 aromatic rings. The van der Waals surface area contributed by atoms with Crippen molar-refractivity contribution in [3.05, 3.63) is 72.4 Å². The van der Waals surface area contributed by atoms with E-state index in [1.54, 1.807) is 6.07 Å². The lowest BCUT2D eigenvalue weighted by Gasteiger charge is -2.25. The Balaban J connectivity index is 1.68. The first-order valence-corrected chi connectivity index (χ1v) is 8.52. The van der Waals surface area contributed by atoms with Gasteiger partial charge in [-0.3, -0.25) is 4.40 Å². The van der Waals surface area contributed by atoms with E-state index >= 15 is 0 Å². The van der Waals surface area contributed by atoms with Gasteiger partial charge in [-0.2, -0.15) is 0 Å². The first kappa shape index (κ1) is 14.4. The van der Waals surface area contributed by atoms with Crippen LogP contribution >= 0.6 is 0 Å². The Bertz CT molecular complexity index is 1070. The molecule has 5 heteroatoms. The summed E-state index contributed by atoms with van der Waals surface area (Å²) in [4.78, 5) is 11.5. The molecule has 2 aromatic heterocycles. The van der Waals surface area contributed by atoms with Gasteiger partial charge in [0.1, 0.15) is 11.3 Å². The van der Waals surface area contributed by atoms with Crippen LogP contribution in [-0.4, -0.2) is 20.4 Å². The Hall–Kier alpha value is -2.95. The average molecular weight is 332 g/mol. The van der Waals surface area contributed by atoms with Gasteiger partial charge >= 0.3 is 0 Å². The summed E-state index contributed by atoms with van der Waals surface area (Å²) in [6.07, 6.45) is 5.88. The number of para-hydroxylation sites is 2. The summed E-state index contributed by atoms with van der Waals surface area (Å²) in [5.41, 5.74) is 3.60. The molecule has 0 spiro atoms. The predicted molar refractivity (Wildman–Crippen MR) is 96.1 cm³/mol. The minimum absolute atomic E-state index is 0.168. The Morgan fingerprint density at radius 3 is 2.68 bits per heavy atom. The number of anilines is 1. The van der Waals surface area contributed by atoms with Gasteiger partial charge in [0.2, 0.25) is 0 Å². The number of hydrogen-bond acceptors (Lipinski definition) is 3. The minimum Gasteiger partial charge on any atom is -0.347 e. The molecule has 0 aliphatic heterocycles. The number of aromatic nitrogens is 3. The van der Waals surface area contributed by atoms with Crippen LogP contribution in [0.3, 0.4) is 0 Å². The Labute approximate surface area is 144 Å². The van der Waals surface area contributed by atoms with Crippen LogP contribution < -0.4 is 4.90 Å². The van der Waals surface area contributed by atoms with Crippen molar-refractivity contribution in [1.82, 2.24) is 14.4 Å². The maximum Gasteiger partial charge on any atom is 0.155 e. The van der Waals surface area contributed by atoms with Crippen molar-refractivity contribution in [2.75, 3.05) is 4.90 Å². The highest BCUT2D eigenvalue weighted by molar-refractivity contribution is 5.84. The summed E-state index contributed by atoms with van der Waals surface area (Å²) < 4.78 is 16.3. The lowest BCUT2D eigenvalue weighted by Crippen LogP contribution is -2.27. The molecule has 25 heavy (non-hydrogen) atoms. The van der Waals surface area contributed by atoms with Crippen LogP contribution in [0.5, 0.6) is 0 Å². The molecule has 0 N–H and O–H groups in total. The third-order valence-corrected chi connectivity index (χ3v) is 4.79. The molecule has 0 radical (unpaired) electrons. The number of nitrogens with zero attached hydrogens (tertiary/aromatic N) is 4. The zero-order valence-electron chi connectivity index (χ0n) is 13.6. The number of imidazole rings is 1. The molecule has 2 aromatic carbocycles. The monoisotopic (exact) mass is 332 g/mol. The van der Waals surface area contributed by atoms with Gasteiger partial charge in [0.15, 0.2) is 5.82 Å². The highest BCUT2D eigenvalue weighted by Crippen LogP contribution is 2.35. The Morgan fingerprint density at radius 2 is 1.84 bits per heavy atom. The molecule has 0 saturated heterocycles. The van der Waals surface area contributed by atoms with Crippen LogP contribution in [0.4, 0.5) is 10.2 Å². The number of rotatable bonds is 4. The highest BCUT2D eigenvalue weighted by atomic mass is 19.1. The average Bonchev–Trinajstić information content (AvgIpc) is 3.36. The van der Waals surface area contributed by atoms with Gasteiger partial charge in [-0.15, -0.1) is 0 Å². The van der Waals surface area contributed by atoms with Crippen molar-refractivity contribution >= 4 is 22.4 Å². The maximum absolute atomic E-state index is 14.2. The minimum atomic E-state index is -0.168. The summed E-state index contributed by atoms with van der Waals surface area (Å²) in [5, 5.41) is 0. The molecular weight excluding hydrogens is 315 g/mol. The first-order valence-electron chi connectivity index (χ1n) is 8.52. The van der Waals surface area contributed by atoms with E-state index in [4.69, 9.17) is 4.98 Å². The molecule has 1 saturated carbocycles. The summed E-state index contributed by atoms with van der Waals surface area (Å²) >= 11 is 0. The molecule has 0 atom stereocenters. The van der Waals surface area contributed by atoms with Crippen LogP contribution in [0.25, 0.3) is 16.6 Å². The van der Waals surface area contributed by atoms with Gasteiger partial charge in [0, 0.05) is 18.2 Å². The number of benzene rings is 2. The summed E-state index contributed by atoms with van der Waals surface area (Å²) in [7, 11) is 0. The number of fused-ring (bicyclic) bond motifs is 3. The van der Waals surface area contributed by atoms with Crippen molar-refractivity contribution in [2.45, 2.75) is 25.4 Å². The van der Waals surface area contributed by atoms with Gasteiger partial charge in [-0.1, -0.05) is 30.3 Å². The third kappa shape index (κ3) is 2.43. The van der Waals surface area contributed by atoms with E-state index in [-0.39, 0.29) is 5.82 Å². The van der Waals surface area contributed by atoms with Crippen molar-refractivity contribution in [3.8, 4) is 0 Å². The van der Waals surface area contributed by atoms with Gasteiger partial charge < -0.3 is 4.90 Å². The summed E-state index contributed by atoms with van der Waals surface area (Å²) in [6.45, 7) is 0.517. The van der Waals surface area contributed by atoms with Crippen LogP contribution in [0.1, 0.15) is 18.4 Å². The molecule has 1 fully saturated rings. The molecule has 5 rings (SSSR count). The number of hydrogen-bond donors (Lipinski definition) is 0. The van der Waals surface area contributed by atoms with E-state index in [1.807, 2.05) is 48.9 Å². The largest absolute Gasteiger partial charge is 0.347 e. The lowest BCUT2D eigenvalue weighted by molar-refractivity contribution is 0.603. The normalized spacial score (nSPS) is 14.3. The van der Waals surface area contributed by atoms with E-state index in [9.17, 15) is 4.39 Å². The fourth-order valence-electron chi connectivity index (χ4n) is 3.37. The van der Waals surface area contributed by atoms with Crippen molar-refractivity contribution in [1.29, 1.82) is 0 Å². The maximum atomic E-state index is 14.2. The van der Waals surface area contributed by atoms with Gasteiger partial charge in [0.25, 0.3) is 0 Å². The zero-order chi connectivity index (χ0) is 16.8. The third-order valence-electron chi connectivity index (χ3n) is 4.79. The van der Waals surface area contributed by atoms with E-state index in [1.165, 1.54) is 6.07 Å². The second-order valence-electron chi connectivity index (χ2n) is 6.52. The van der Waals surface area contributed by atoms with E-state index in [2.05, 4.69) is 14.3 Å². The highest BCUT2D eigenvalue weighted by Gasteiger charge is 2.32. The van der Waals surface area contributed by atoms with Crippen molar-refractivity contribution in [3.63, 3.8) is 0 Å². The van der Waals surface area contributed by atoms with Crippen LogP contribution in [-0.2, 0) is 6.54 Å². The topological polar surface area (TPSA) is 33.4 Å². The first-order chi connectivity index (χ1) is 12.3. The summed E-state index contributed by atoms with van der Waals surface area (Å²) in [6, 6.07) is 15.4. The summed E-state index contributed by atoms with van der Waals surface area (Å²) in [5.74, 6) is 0.709. The molecule has 1 aliphatic rings. The van der Waals surface area contributed by atoms with Crippen molar-refractivity contribution < 1.29 is 4.39 Å². The van der Waals surface area contributed by atoms with Gasteiger partial charge in [-0.25, -0.2) is 14.4 Å². The predicted octanol–water partition coefficient (Wildman–Crippen LogP) is 4.19. The van der Waals surface area contributed by atoms with E-state index in [0.717, 1.165) is 35.2 Å². The smallest absolute Gasteiger partial charge is 0.155 e. The quantitative estimate of drug-likeness (QED) is 0.562. The van der Waals surface area contributed by atoms with Gasteiger partial charge in [-0.05, 0) is 31.0 Å². The van der Waals surface area contributed by atoms with Gasteiger partial charge in [0.05, 0.1) is 23.6 Å².